The van der Waals surface area contributed by atoms with E-state index in [2.05, 4.69) is 10.6 Å². The first-order chi connectivity index (χ1) is 9.95. The second-order valence-electron chi connectivity index (χ2n) is 6.40. The Balaban J connectivity index is 2.09. The van der Waals surface area contributed by atoms with Crippen molar-refractivity contribution in [3.63, 3.8) is 0 Å². The second-order valence-corrected chi connectivity index (χ2v) is 6.40. The van der Waals surface area contributed by atoms with E-state index in [1.807, 2.05) is 39.0 Å². The monoisotopic (exact) mass is 290 g/mol. The fourth-order valence-corrected chi connectivity index (χ4v) is 2.84. The quantitative estimate of drug-likeness (QED) is 0.896. The molecular formula is C17H26N2O2. The Kier molecular flexibility index (Phi) is 4.88. The van der Waals surface area contributed by atoms with Crippen molar-refractivity contribution in [2.45, 2.75) is 33.6 Å². The Labute approximate surface area is 127 Å². The average Bonchev–Trinajstić information content (AvgIpc) is 2.50. The first-order valence-electron chi connectivity index (χ1n) is 7.62. The van der Waals surface area contributed by atoms with Crippen LogP contribution in [0, 0.1) is 18.3 Å². The Morgan fingerprint density at radius 3 is 2.76 bits per heavy atom. The number of piperidine rings is 1. The molecule has 1 aliphatic heterocycles. The Bertz CT molecular complexity index is 506. The highest BCUT2D eigenvalue weighted by Crippen LogP contribution is 2.33. The third-order valence-corrected chi connectivity index (χ3v) is 4.58. The number of nitrogens with one attached hydrogen (secondary N) is 2. The van der Waals surface area contributed by atoms with Gasteiger partial charge in [-0.25, -0.2) is 0 Å². The molecule has 0 aliphatic carbocycles. The number of hydrogen-bond donors (Lipinski definition) is 2. The van der Waals surface area contributed by atoms with Gasteiger partial charge in [-0.2, -0.15) is 0 Å². The maximum absolute atomic E-state index is 12.7. The topological polar surface area (TPSA) is 50.4 Å². The summed E-state index contributed by atoms with van der Waals surface area (Å²) in [6.45, 7) is 8.04. The Hall–Kier alpha value is -1.55. The number of carbonyl (C=O) groups excluding carboxylic acids is 1. The Morgan fingerprint density at radius 1 is 1.43 bits per heavy atom. The highest BCUT2D eigenvalue weighted by atomic mass is 16.5. The van der Waals surface area contributed by atoms with Gasteiger partial charge >= 0.3 is 0 Å². The molecule has 1 fully saturated rings. The molecule has 1 aromatic carbocycles. The zero-order valence-electron chi connectivity index (χ0n) is 13.5. The van der Waals surface area contributed by atoms with E-state index in [-0.39, 0.29) is 11.3 Å². The van der Waals surface area contributed by atoms with Crippen molar-refractivity contribution in [3.8, 4) is 5.75 Å². The molecule has 4 heteroatoms. The van der Waals surface area contributed by atoms with Gasteiger partial charge in [0, 0.05) is 11.1 Å². The summed E-state index contributed by atoms with van der Waals surface area (Å²) < 4.78 is 5.20. The van der Waals surface area contributed by atoms with Crippen LogP contribution in [0.3, 0.4) is 0 Å². The second kappa shape index (κ2) is 6.48. The summed E-state index contributed by atoms with van der Waals surface area (Å²) in [6, 6.07) is 5.71. The lowest BCUT2D eigenvalue weighted by molar-refractivity contribution is -0.127. The van der Waals surface area contributed by atoms with Crippen LogP contribution in [-0.2, 0) is 4.79 Å². The molecule has 1 unspecified atom stereocenters. The number of carbonyl (C=O) groups is 1. The predicted octanol–water partition coefficient (Wildman–Crippen LogP) is 2.97. The van der Waals surface area contributed by atoms with Crippen LogP contribution >= 0.6 is 0 Å². The fourth-order valence-electron chi connectivity index (χ4n) is 2.84. The van der Waals surface area contributed by atoms with Gasteiger partial charge in [0.15, 0.2) is 0 Å². The molecule has 1 aliphatic rings. The lowest BCUT2D eigenvalue weighted by Crippen LogP contribution is -2.44. The van der Waals surface area contributed by atoms with Crippen LogP contribution in [0.1, 0.15) is 32.3 Å². The van der Waals surface area contributed by atoms with E-state index in [1.165, 1.54) is 0 Å². The van der Waals surface area contributed by atoms with Crippen LogP contribution < -0.4 is 15.4 Å². The lowest BCUT2D eigenvalue weighted by atomic mass is 9.74. The van der Waals surface area contributed by atoms with Gasteiger partial charge in [0.05, 0.1) is 7.11 Å². The zero-order valence-corrected chi connectivity index (χ0v) is 13.5. The molecule has 0 saturated carbocycles. The maximum Gasteiger partial charge on any atom is 0.230 e. The number of methoxy groups -OCH3 is 1. The number of ether oxygens (including phenoxy) is 1. The van der Waals surface area contributed by atoms with E-state index >= 15 is 0 Å². The predicted molar refractivity (Wildman–Crippen MR) is 85.7 cm³/mol. The van der Waals surface area contributed by atoms with Crippen LogP contribution in [0.4, 0.5) is 5.69 Å². The summed E-state index contributed by atoms with van der Waals surface area (Å²) in [5.74, 6) is 1.27. The minimum atomic E-state index is -0.375. The summed E-state index contributed by atoms with van der Waals surface area (Å²) in [6.07, 6.45) is 2.25. The number of amides is 1. The van der Waals surface area contributed by atoms with E-state index in [4.69, 9.17) is 4.74 Å². The van der Waals surface area contributed by atoms with Gasteiger partial charge in [-0.1, -0.05) is 13.8 Å². The van der Waals surface area contributed by atoms with E-state index < -0.39 is 0 Å². The molecule has 1 heterocycles. The molecule has 1 atom stereocenters. The summed E-state index contributed by atoms with van der Waals surface area (Å²) >= 11 is 0. The summed E-state index contributed by atoms with van der Waals surface area (Å²) in [5.41, 5.74) is 1.50. The standard InChI is InChI=1S/C17H26N2O2/c1-12-10-14(21-4)7-8-15(12)19-16(20)17(2,3)13-6-5-9-18-11-13/h7-8,10,13,18H,5-6,9,11H2,1-4H3,(H,19,20). The highest BCUT2D eigenvalue weighted by Gasteiger charge is 2.37. The van der Waals surface area contributed by atoms with Crippen molar-refractivity contribution in [2.75, 3.05) is 25.5 Å². The first kappa shape index (κ1) is 15.8. The van der Waals surface area contributed by atoms with E-state index in [1.54, 1.807) is 7.11 Å². The van der Waals surface area contributed by atoms with Crippen molar-refractivity contribution in [2.24, 2.45) is 11.3 Å². The van der Waals surface area contributed by atoms with Gasteiger partial charge in [0.25, 0.3) is 0 Å². The number of rotatable bonds is 4. The highest BCUT2D eigenvalue weighted by molar-refractivity contribution is 5.95. The molecule has 0 spiro atoms. The van der Waals surface area contributed by atoms with Crippen LogP contribution in [0.15, 0.2) is 18.2 Å². The molecule has 0 bridgehead atoms. The SMILES string of the molecule is COc1ccc(NC(=O)C(C)(C)C2CCCNC2)c(C)c1. The number of benzene rings is 1. The molecule has 0 aromatic heterocycles. The molecule has 0 radical (unpaired) electrons. The number of aryl methyl sites for hydroxylation is 1. The van der Waals surface area contributed by atoms with Gasteiger partial charge in [0.2, 0.25) is 5.91 Å². The normalized spacial score (nSPS) is 19.1. The van der Waals surface area contributed by atoms with Gasteiger partial charge in [-0.3, -0.25) is 4.79 Å². The van der Waals surface area contributed by atoms with Crippen molar-refractivity contribution in [1.82, 2.24) is 5.32 Å². The van der Waals surface area contributed by atoms with Crippen LogP contribution in [0.5, 0.6) is 5.75 Å². The molecule has 1 aromatic rings. The molecule has 2 rings (SSSR count). The third-order valence-electron chi connectivity index (χ3n) is 4.58. The molecule has 1 saturated heterocycles. The van der Waals surface area contributed by atoms with E-state index in [0.29, 0.717) is 5.92 Å². The number of hydrogen-bond acceptors (Lipinski definition) is 3. The Morgan fingerprint density at radius 2 is 2.19 bits per heavy atom. The molecule has 2 N–H and O–H groups in total. The summed E-state index contributed by atoms with van der Waals surface area (Å²) in [7, 11) is 1.65. The van der Waals surface area contributed by atoms with Gasteiger partial charge in [0.1, 0.15) is 5.75 Å². The van der Waals surface area contributed by atoms with Gasteiger partial charge < -0.3 is 15.4 Å². The van der Waals surface area contributed by atoms with Crippen molar-refractivity contribution in [1.29, 1.82) is 0 Å². The molecule has 116 valence electrons. The third kappa shape index (κ3) is 3.56. The molecular weight excluding hydrogens is 264 g/mol. The van der Waals surface area contributed by atoms with Gasteiger partial charge in [-0.05, 0) is 62.5 Å². The van der Waals surface area contributed by atoms with E-state index in [9.17, 15) is 4.79 Å². The van der Waals surface area contributed by atoms with E-state index in [0.717, 1.165) is 42.9 Å². The first-order valence-corrected chi connectivity index (χ1v) is 7.62. The maximum atomic E-state index is 12.7. The van der Waals surface area contributed by atoms with Crippen LogP contribution in [-0.4, -0.2) is 26.1 Å². The smallest absolute Gasteiger partial charge is 0.230 e. The average molecular weight is 290 g/mol. The molecule has 4 nitrogen and oxygen atoms in total. The van der Waals surface area contributed by atoms with Crippen LogP contribution in [0.25, 0.3) is 0 Å². The summed E-state index contributed by atoms with van der Waals surface area (Å²) in [5, 5.41) is 6.47. The minimum Gasteiger partial charge on any atom is -0.497 e. The zero-order chi connectivity index (χ0) is 15.5. The van der Waals surface area contributed by atoms with Crippen molar-refractivity contribution in [3.05, 3.63) is 23.8 Å². The minimum absolute atomic E-state index is 0.0875. The van der Waals surface area contributed by atoms with Crippen LogP contribution in [0.2, 0.25) is 0 Å². The molecule has 21 heavy (non-hydrogen) atoms. The van der Waals surface area contributed by atoms with Crippen molar-refractivity contribution < 1.29 is 9.53 Å². The largest absolute Gasteiger partial charge is 0.497 e. The van der Waals surface area contributed by atoms with Crippen molar-refractivity contribution >= 4 is 11.6 Å². The fraction of sp³-hybridized carbons (Fsp3) is 0.588. The number of anilines is 1. The van der Waals surface area contributed by atoms with Gasteiger partial charge in [-0.15, -0.1) is 0 Å². The summed E-state index contributed by atoms with van der Waals surface area (Å²) in [4.78, 5) is 12.7. The molecule has 1 amide bonds. The lowest BCUT2D eigenvalue weighted by Gasteiger charge is -2.36.